The van der Waals surface area contributed by atoms with E-state index in [1.165, 1.54) is 12.3 Å². The summed E-state index contributed by atoms with van der Waals surface area (Å²) in [5, 5.41) is 3.60. The molecule has 27 heavy (non-hydrogen) atoms. The lowest BCUT2D eigenvalue weighted by atomic mass is 10.0. The molecule has 3 aromatic heterocycles. The van der Waals surface area contributed by atoms with Gasteiger partial charge in [0.15, 0.2) is 0 Å². The quantitative estimate of drug-likeness (QED) is 0.526. The van der Waals surface area contributed by atoms with Gasteiger partial charge in [0, 0.05) is 42.7 Å². The zero-order valence-corrected chi connectivity index (χ0v) is 15.8. The first-order valence-corrected chi connectivity index (χ1v) is 10.00. The van der Waals surface area contributed by atoms with Crippen LogP contribution in [0.2, 0.25) is 0 Å². The number of hydrogen-bond acceptors (Lipinski definition) is 6. The van der Waals surface area contributed by atoms with E-state index in [0.717, 1.165) is 59.9 Å². The standard InChI is InChI=1S/C20H19FN4OS/c1-2-24-6-8-25(9-7-24)19-17-15(11-27-20(17)23-12-22-19)13-3-4-16(21)14-5-10-26-18(13)14/h3-5,10-12H,2,6-9H2,1H3. The summed E-state index contributed by atoms with van der Waals surface area (Å²) in [4.78, 5) is 14.8. The Morgan fingerprint density at radius 3 is 2.78 bits per heavy atom. The Balaban J connectivity index is 1.66. The number of benzene rings is 1. The topological polar surface area (TPSA) is 45.4 Å². The Kier molecular flexibility index (Phi) is 4.06. The first-order chi connectivity index (χ1) is 13.3. The fourth-order valence-corrected chi connectivity index (χ4v) is 4.71. The van der Waals surface area contributed by atoms with Crippen LogP contribution in [-0.2, 0) is 0 Å². The third-order valence-corrected chi connectivity index (χ3v) is 6.21. The van der Waals surface area contributed by atoms with Gasteiger partial charge in [-0.25, -0.2) is 14.4 Å². The summed E-state index contributed by atoms with van der Waals surface area (Å²) in [6, 6.07) is 4.96. The molecule has 0 saturated carbocycles. The van der Waals surface area contributed by atoms with Gasteiger partial charge in [-0.05, 0) is 24.7 Å². The van der Waals surface area contributed by atoms with E-state index in [1.54, 1.807) is 29.8 Å². The summed E-state index contributed by atoms with van der Waals surface area (Å²) in [6.45, 7) is 7.20. The molecule has 5 rings (SSSR count). The predicted octanol–water partition coefficient (Wildman–Crippen LogP) is 4.39. The van der Waals surface area contributed by atoms with E-state index in [-0.39, 0.29) is 5.82 Å². The minimum absolute atomic E-state index is 0.269. The molecule has 4 aromatic rings. The second kappa shape index (κ2) is 6.58. The van der Waals surface area contributed by atoms with Crippen LogP contribution in [0.4, 0.5) is 10.2 Å². The molecule has 1 aliphatic rings. The number of thiophene rings is 1. The maximum Gasteiger partial charge on any atom is 0.144 e. The number of anilines is 1. The molecule has 0 amide bonds. The van der Waals surface area contributed by atoms with Crippen LogP contribution in [0.1, 0.15) is 6.92 Å². The number of fused-ring (bicyclic) bond motifs is 2. The zero-order valence-electron chi connectivity index (χ0n) is 15.0. The Bertz CT molecular complexity index is 1110. The van der Waals surface area contributed by atoms with E-state index in [4.69, 9.17) is 4.42 Å². The van der Waals surface area contributed by atoms with Gasteiger partial charge in [0.2, 0.25) is 0 Å². The highest BCUT2D eigenvalue weighted by Gasteiger charge is 2.23. The van der Waals surface area contributed by atoms with Crippen LogP contribution in [0.5, 0.6) is 0 Å². The van der Waals surface area contributed by atoms with Crippen molar-refractivity contribution in [1.29, 1.82) is 0 Å². The zero-order chi connectivity index (χ0) is 18.4. The summed E-state index contributed by atoms with van der Waals surface area (Å²) in [5.74, 6) is 0.685. The predicted molar refractivity (Wildman–Crippen MR) is 107 cm³/mol. The van der Waals surface area contributed by atoms with Crippen molar-refractivity contribution < 1.29 is 8.81 Å². The van der Waals surface area contributed by atoms with Gasteiger partial charge in [-0.15, -0.1) is 11.3 Å². The minimum atomic E-state index is -0.269. The van der Waals surface area contributed by atoms with Gasteiger partial charge in [-0.2, -0.15) is 0 Å². The van der Waals surface area contributed by atoms with E-state index in [9.17, 15) is 4.39 Å². The van der Waals surface area contributed by atoms with E-state index in [2.05, 4.69) is 32.1 Å². The van der Waals surface area contributed by atoms with Crippen molar-refractivity contribution in [2.24, 2.45) is 0 Å². The number of nitrogens with zero attached hydrogens (tertiary/aromatic N) is 4. The normalized spacial score (nSPS) is 15.9. The molecular weight excluding hydrogens is 363 g/mol. The second-order valence-corrected chi connectivity index (χ2v) is 7.56. The fraction of sp³-hybridized carbons (Fsp3) is 0.300. The van der Waals surface area contributed by atoms with Crippen LogP contribution in [0.15, 0.2) is 40.6 Å². The van der Waals surface area contributed by atoms with E-state index in [0.29, 0.717) is 11.0 Å². The number of furan rings is 1. The highest BCUT2D eigenvalue weighted by Crippen LogP contribution is 2.41. The first kappa shape index (κ1) is 16.6. The maximum absolute atomic E-state index is 14.1. The van der Waals surface area contributed by atoms with Gasteiger partial charge < -0.3 is 14.2 Å². The van der Waals surface area contributed by atoms with Crippen LogP contribution in [0, 0.1) is 5.82 Å². The Labute approximate surface area is 160 Å². The third-order valence-electron chi connectivity index (χ3n) is 5.32. The number of aromatic nitrogens is 2. The lowest BCUT2D eigenvalue weighted by Crippen LogP contribution is -2.46. The smallest absolute Gasteiger partial charge is 0.144 e. The SMILES string of the molecule is CCN1CCN(c2ncnc3scc(-c4ccc(F)c5ccoc45)c23)CC1. The lowest BCUT2D eigenvalue weighted by molar-refractivity contribution is 0.271. The van der Waals surface area contributed by atoms with Crippen LogP contribution >= 0.6 is 11.3 Å². The minimum Gasteiger partial charge on any atom is -0.464 e. The fourth-order valence-electron chi connectivity index (χ4n) is 3.81. The number of rotatable bonds is 3. The van der Waals surface area contributed by atoms with Crippen molar-refractivity contribution >= 4 is 38.3 Å². The van der Waals surface area contributed by atoms with Gasteiger partial charge in [0.1, 0.15) is 28.4 Å². The van der Waals surface area contributed by atoms with E-state index in [1.807, 2.05) is 0 Å². The van der Waals surface area contributed by atoms with Crippen molar-refractivity contribution in [2.75, 3.05) is 37.6 Å². The highest BCUT2D eigenvalue weighted by atomic mass is 32.1. The Hall–Kier alpha value is -2.51. The number of hydrogen-bond donors (Lipinski definition) is 0. The molecule has 0 unspecified atom stereocenters. The van der Waals surface area contributed by atoms with Crippen LogP contribution in [0.25, 0.3) is 32.3 Å². The third kappa shape index (κ3) is 2.69. The molecule has 1 aromatic carbocycles. The number of halogens is 1. The molecule has 0 radical (unpaired) electrons. The molecule has 0 atom stereocenters. The van der Waals surface area contributed by atoms with Crippen molar-refractivity contribution in [3.8, 4) is 11.1 Å². The van der Waals surface area contributed by atoms with E-state index >= 15 is 0 Å². The van der Waals surface area contributed by atoms with Gasteiger partial charge >= 0.3 is 0 Å². The molecular formula is C20H19FN4OS. The lowest BCUT2D eigenvalue weighted by Gasteiger charge is -2.35. The Morgan fingerprint density at radius 1 is 1.11 bits per heavy atom. The molecule has 138 valence electrons. The second-order valence-electron chi connectivity index (χ2n) is 6.71. The van der Waals surface area contributed by atoms with Gasteiger partial charge in [-0.1, -0.05) is 6.92 Å². The summed E-state index contributed by atoms with van der Waals surface area (Å²) < 4.78 is 19.7. The molecule has 4 heterocycles. The van der Waals surface area contributed by atoms with Crippen molar-refractivity contribution in [1.82, 2.24) is 14.9 Å². The van der Waals surface area contributed by atoms with Crippen molar-refractivity contribution in [3.05, 3.63) is 42.0 Å². The largest absolute Gasteiger partial charge is 0.464 e. The average Bonchev–Trinajstić information content (AvgIpc) is 3.36. The Morgan fingerprint density at radius 2 is 1.96 bits per heavy atom. The number of likely N-dealkylation sites (N-methyl/N-ethyl adjacent to an activating group) is 1. The summed E-state index contributed by atoms with van der Waals surface area (Å²) in [5.41, 5.74) is 2.45. The maximum atomic E-state index is 14.1. The first-order valence-electron chi connectivity index (χ1n) is 9.12. The van der Waals surface area contributed by atoms with Crippen LogP contribution < -0.4 is 4.90 Å². The monoisotopic (exact) mass is 382 g/mol. The van der Waals surface area contributed by atoms with Crippen LogP contribution in [0.3, 0.4) is 0 Å². The van der Waals surface area contributed by atoms with Gasteiger partial charge in [-0.3, -0.25) is 0 Å². The summed E-state index contributed by atoms with van der Waals surface area (Å²) >= 11 is 1.58. The average molecular weight is 382 g/mol. The molecule has 7 heteroatoms. The van der Waals surface area contributed by atoms with E-state index < -0.39 is 0 Å². The molecule has 1 aliphatic heterocycles. The molecule has 0 spiro atoms. The van der Waals surface area contributed by atoms with Gasteiger partial charge in [0.25, 0.3) is 0 Å². The molecule has 5 nitrogen and oxygen atoms in total. The van der Waals surface area contributed by atoms with Crippen LogP contribution in [-0.4, -0.2) is 47.6 Å². The molecule has 0 aliphatic carbocycles. The summed E-state index contributed by atoms with van der Waals surface area (Å²) in [6.07, 6.45) is 3.17. The highest BCUT2D eigenvalue weighted by molar-refractivity contribution is 7.17. The van der Waals surface area contributed by atoms with Crippen molar-refractivity contribution in [3.63, 3.8) is 0 Å². The molecule has 1 fully saturated rings. The number of piperazine rings is 1. The molecule has 1 saturated heterocycles. The summed E-state index contributed by atoms with van der Waals surface area (Å²) in [7, 11) is 0. The molecule has 0 bridgehead atoms. The van der Waals surface area contributed by atoms with Gasteiger partial charge in [0.05, 0.1) is 17.0 Å². The van der Waals surface area contributed by atoms with Crippen molar-refractivity contribution in [2.45, 2.75) is 6.92 Å². The molecule has 0 N–H and O–H groups in total.